The second-order valence-electron chi connectivity index (χ2n) is 6.28. The highest BCUT2D eigenvalue weighted by atomic mass is 35.5. The molecular formula is C16H20Cl2N6O2. The van der Waals surface area contributed by atoms with Crippen molar-refractivity contribution in [3.05, 3.63) is 50.2 Å². The van der Waals surface area contributed by atoms with Crippen LogP contribution in [0.25, 0.3) is 0 Å². The van der Waals surface area contributed by atoms with Crippen LogP contribution in [0, 0.1) is 10.1 Å². The largest absolute Gasteiger partial charge is 0.490 e. The summed E-state index contributed by atoms with van der Waals surface area (Å²) in [6, 6.07) is 5.77. The summed E-state index contributed by atoms with van der Waals surface area (Å²) in [5.41, 5.74) is 1.17. The quantitative estimate of drug-likeness (QED) is 0.526. The van der Waals surface area contributed by atoms with Crippen molar-refractivity contribution in [3.63, 3.8) is 0 Å². The van der Waals surface area contributed by atoms with Gasteiger partial charge in [-0.3, -0.25) is 4.90 Å². The molecule has 10 heteroatoms. The summed E-state index contributed by atoms with van der Waals surface area (Å²) < 4.78 is 1.53. The molecule has 1 saturated heterocycles. The topological polar surface area (TPSA) is 80.3 Å². The predicted octanol–water partition coefficient (Wildman–Crippen LogP) is 2.70. The van der Waals surface area contributed by atoms with E-state index in [1.807, 2.05) is 18.2 Å². The standard InChI is InChI=1S/C16H20Cl2N6O2/c17-14-3-2-13(10-15(14)18)11-22-8-6-21(7-9-22)4-1-5-23-12-19-16(20-23)24(25)26/h2-3,10,12H,1,4-9,11H2. The van der Waals surface area contributed by atoms with E-state index in [-0.39, 0.29) is 5.95 Å². The van der Waals surface area contributed by atoms with Crippen molar-refractivity contribution in [2.75, 3.05) is 32.7 Å². The molecule has 1 aromatic carbocycles. The molecule has 1 aliphatic heterocycles. The van der Waals surface area contributed by atoms with Crippen LogP contribution in [0.4, 0.5) is 5.95 Å². The number of nitrogens with zero attached hydrogens (tertiary/aromatic N) is 6. The van der Waals surface area contributed by atoms with Gasteiger partial charge in [0, 0.05) is 44.4 Å². The summed E-state index contributed by atoms with van der Waals surface area (Å²) in [7, 11) is 0. The van der Waals surface area contributed by atoms with Gasteiger partial charge in [0.1, 0.15) is 0 Å². The van der Waals surface area contributed by atoms with Crippen LogP contribution in [-0.2, 0) is 13.1 Å². The molecule has 0 aliphatic carbocycles. The fraction of sp³-hybridized carbons (Fsp3) is 0.500. The highest BCUT2D eigenvalue weighted by molar-refractivity contribution is 6.42. The van der Waals surface area contributed by atoms with E-state index in [1.165, 1.54) is 16.6 Å². The number of hydrogen-bond donors (Lipinski definition) is 0. The van der Waals surface area contributed by atoms with Gasteiger partial charge in [0.25, 0.3) is 0 Å². The number of benzene rings is 1. The van der Waals surface area contributed by atoms with Crippen molar-refractivity contribution >= 4 is 29.2 Å². The van der Waals surface area contributed by atoms with Gasteiger partial charge in [-0.05, 0) is 29.0 Å². The number of nitro groups is 1. The summed E-state index contributed by atoms with van der Waals surface area (Å²) in [6.45, 7) is 6.42. The third-order valence-corrected chi connectivity index (χ3v) is 5.14. The molecule has 0 unspecified atom stereocenters. The van der Waals surface area contributed by atoms with Gasteiger partial charge in [0.2, 0.25) is 6.33 Å². The van der Waals surface area contributed by atoms with Gasteiger partial charge < -0.3 is 15.0 Å². The zero-order chi connectivity index (χ0) is 18.5. The van der Waals surface area contributed by atoms with Crippen LogP contribution < -0.4 is 0 Å². The van der Waals surface area contributed by atoms with Crippen molar-refractivity contribution in [1.82, 2.24) is 24.6 Å². The number of rotatable bonds is 7. The van der Waals surface area contributed by atoms with Crippen LogP contribution in [0.2, 0.25) is 10.0 Å². The monoisotopic (exact) mass is 398 g/mol. The van der Waals surface area contributed by atoms with E-state index in [4.69, 9.17) is 23.2 Å². The Morgan fingerprint density at radius 1 is 1.08 bits per heavy atom. The van der Waals surface area contributed by atoms with Gasteiger partial charge in [-0.25, -0.2) is 0 Å². The molecule has 0 radical (unpaired) electrons. The summed E-state index contributed by atoms with van der Waals surface area (Å²) >= 11 is 12.0. The Labute approximate surface area is 161 Å². The average Bonchev–Trinajstić information content (AvgIpc) is 3.09. The van der Waals surface area contributed by atoms with E-state index in [2.05, 4.69) is 19.9 Å². The molecule has 0 spiro atoms. The first kappa shape index (κ1) is 19.0. The molecule has 0 saturated carbocycles. The lowest BCUT2D eigenvalue weighted by Gasteiger charge is -2.34. The normalized spacial score (nSPS) is 16.1. The third-order valence-electron chi connectivity index (χ3n) is 4.40. The summed E-state index contributed by atoms with van der Waals surface area (Å²) in [4.78, 5) is 18.4. The van der Waals surface area contributed by atoms with Gasteiger partial charge in [0.15, 0.2) is 0 Å². The first-order valence-corrected chi connectivity index (χ1v) is 9.19. The Kier molecular flexibility index (Phi) is 6.42. The molecule has 1 fully saturated rings. The minimum Gasteiger partial charge on any atom is -0.390 e. The lowest BCUT2D eigenvalue weighted by atomic mass is 10.2. The molecule has 1 aliphatic rings. The Hall–Kier alpha value is -1.74. The molecule has 0 bridgehead atoms. The fourth-order valence-corrected chi connectivity index (χ4v) is 3.32. The number of piperazine rings is 1. The first-order chi connectivity index (χ1) is 12.5. The molecular weight excluding hydrogens is 379 g/mol. The van der Waals surface area contributed by atoms with Crippen LogP contribution in [0.1, 0.15) is 12.0 Å². The Bertz CT molecular complexity index is 761. The Morgan fingerprint density at radius 2 is 1.81 bits per heavy atom. The Balaban J connectivity index is 1.38. The van der Waals surface area contributed by atoms with E-state index < -0.39 is 4.92 Å². The summed E-state index contributed by atoms with van der Waals surface area (Å²) in [5.74, 6) is -0.346. The van der Waals surface area contributed by atoms with Crippen molar-refractivity contribution in [2.45, 2.75) is 19.5 Å². The van der Waals surface area contributed by atoms with Crippen LogP contribution in [-0.4, -0.2) is 62.2 Å². The smallest absolute Gasteiger partial charge is 0.390 e. The molecule has 0 atom stereocenters. The summed E-state index contributed by atoms with van der Waals surface area (Å²) in [6.07, 6.45) is 2.29. The van der Waals surface area contributed by atoms with E-state index in [0.717, 1.165) is 45.7 Å². The van der Waals surface area contributed by atoms with Crippen molar-refractivity contribution < 1.29 is 4.92 Å². The van der Waals surface area contributed by atoms with Crippen LogP contribution >= 0.6 is 23.2 Å². The molecule has 0 N–H and O–H groups in total. The maximum Gasteiger partial charge on any atom is 0.490 e. The molecule has 3 rings (SSSR count). The van der Waals surface area contributed by atoms with Gasteiger partial charge in [-0.15, -0.1) is 0 Å². The minimum absolute atomic E-state index is 0.346. The van der Waals surface area contributed by atoms with Crippen molar-refractivity contribution in [2.24, 2.45) is 0 Å². The Morgan fingerprint density at radius 3 is 2.46 bits per heavy atom. The first-order valence-electron chi connectivity index (χ1n) is 8.44. The third kappa shape index (κ3) is 5.14. The average molecular weight is 399 g/mol. The molecule has 140 valence electrons. The second kappa shape index (κ2) is 8.77. The van der Waals surface area contributed by atoms with E-state index in [0.29, 0.717) is 16.6 Å². The molecule has 26 heavy (non-hydrogen) atoms. The highest BCUT2D eigenvalue weighted by Gasteiger charge is 2.18. The van der Waals surface area contributed by atoms with Crippen LogP contribution in [0.3, 0.4) is 0 Å². The van der Waals surface area contributed by atoms with E-state index in [1.54, 1.807) is 0 Å². The molecule has 2 heterocycles. The van der Waals surface area contributed by atoms with Gasteiger partial charge in [-0.2, -0.15) is 4.68 Å². The maximum absolute atomic E-state index is 10.6. The van der Waals surface area contributed by atoms with Crippen LogP contribution in [0.5, 0.6) is 0 Å². The zero-order valence-electron chi connectivity index (χ0n) is 14.2. The van der Waals surface area contributed by atoms with Crippen LogP contribution in [0.15, 0.2) is 24.5 Å². The molecule has 0 amide bonds. The maximum atomic E-state index is 10.6. The number of aryl methyl sites for hydroxylation is 1. The predicted molar refractivity (Wildman–Crippen MR) is 99.5 cm³/mol. The van der Waals surface area contributed by atoms with E-state index in [9.17, 15) is 10.1 Å². The van der Waals surface area contributed by atoms with Gasteiger partial charge in [-0.1, -0.05) is 34.3 Å². The number of aromatic nitrogens is 3. The van der Waals surface area contributed by atoms with Crippen molar-refractivity contribution in [1.29, 1.82) is 0 Å². The zero-order valence-corrected chi connectivity index (χ0v) is 15.7. The van der Waals surface area contributed by atoms with Gasteiger partial charge in [0.05, 0.1) is 16.6 Å². The fourth-order valence-electron chi connectivity index (χ4n) is 3.00. The lowest BCUT2D eigenvalue weighted by molar-refractivity contribution is -0.394. The SMILES string of the molecule is O=[N+]([O-])c1ncn(CCCN2CCN(Cc3ccc(Cl)c(Cl)c3)CC2)n1. The number of halogens is 2. The summed E-state index contributed by atoms with van der Waals surface area (Å²) in [5, 5.41) is 15.6. The highest BCUT2D eigenvalue weighted by Crippen LogP contribution is 2.23. The van der Waals surface area contributed by atoms with E-state index >= 15 is 0 Å². The lowest BCUT2D eigenvalue weighted by Crippen LogP contribution is -2.46. The molecule has 8 nitrogen and oxygen atoms in total. The number of hydrogen-bond acceptors (Lipinski definition) is 6. The molecule has 2 aromatic rings. The molecule has 1 aromatic heterocycles. The minimum atomic E-state index is -0.580. The van der Waals surface area contributed by atoms with Crippen molar-refractivity contribution in [3.8, 4) is 0 Å². The van der Waals surface area contributed by atoms with Gasteiger partial charge >= 0.3 is 5.95 Å². The second-order valence-corrected chi connectivity index (χ2v) is 7.10.